The van der Waals surface area contributed by atoms with Gasteiger partial charge in [0.25, 0.3) is 11.8 Å². The number of imide groups is 2. The van der Waals surface area contributed by atoms with E-state index in [9.17, 15) is 19.5 Å². The third-order valence-electron chi connectivity index (χ3n) is 11.7. The number of aromatic hydroxyl groups is 1. The van der Waals surface area contributed by atoms with Crippen LogP contribution in [-0.4, -0.2) is 44.7 Å². The average molecular weight is 664 g/mol. The molecule has 0 aromatic heterocycles. The van der Waals surface area contributed by atoms with Crippen molar-refractivity contribution in [3.63, 3.8) is 0 Å². The Hall–Kier alpha value is -4.43. The number of hydrogen-bond acceptors (Lipinski definition) is 6. The van der Waals surface area contributed by atoms with Crippen molar-refractivity contribution in [2.75, 3.05) is 5.43 Å². The van der Waals surface area contributed by atoms with E-state index in [0.717, 1.165) is 48.2 Å². The van der Waals surface area contributed by atoms with Crippen LogP contribution in [0.25, 0.3) is 0 Å². The molecule has 9 heteroatoms. The van der Waals surface area contributed by atoms with Gasteiger partial charge in [-0.05, 0) is 73.9 Å². The highest BCUT2D eigenvalue weighted by molar-refractivity contribution is 6.31. The fourth-order valence-electron chi connectivity index (χ4n) is 9.57. The molecule has 0 bridgehead atoms. The summed E-state index contributed by atoms with van der Waals surface area (Å²) in [5, 5.41) is 11.8. The maximum absolute atomic E-state index is 15.2. The Morgan fingerprint density at radius 2 is 1.58 bits per heavy atom. The van der Waals surface area contributed by atoms with Gasteiger partial charge in [-0.1, -0.05) is 96.6 Å². The van der Waals surface area contributed by atoms with Gasteiger partial charge in [-0.2, -0.15) is 5.01 Å². The Kier molecular flexibility index (Phi) is 7.47. The number of phenolic OH excluding ortho intramolecular Hbond substituents is 1. The average Bonchev–Trinajstić information content (AvgIpc) is 3.47. The Morgan fingerprint density at radius 1 is 0.854 bits per heavy atom. The van der Waals surface area contributed by atoms with Crippen molar-refractivity contribution in [1.82, 2.24) is 9.91 Å². The van der Waals surface area contributed by atoms with Crippen LogP contribution in [0.15, 0.2) is 84.4 Å². The fourth-order valence-corrected chi connectivity index (χ4v) is 9.85. The lowest BCUT2D eigenvalue weighted by Gasteiger charge is -2.50. The highest BCUT2D eigenvalue weighted by Gasteiger charge is 2.70. The molecule has 2 aliphatic heterocycles. The van der Waals surface area contributed by atoms with Crippen LogP contribution in [0.3, 0.4) is 0 Å². The van der Waals surface area contributed by atoms with Crippen molar-refractivity contribution in [1.29, 1.82) is 0 Å². The molecule has 3 aliphatic carbocycles. The molecule has 2 saturated carbocycles. The van der Waals surface area contributed by atoms with E-state index in [1.807, 2.05) is 67.6 Å². The topological polar surface area (TPSA) is 107 Å². The summed E-state index contributed by atoms with van der Waals surface area (Å²) in [6.07, 6.45) is 7.39. The third kappa shape index (κ3) is 4.48. The molecule has 8 nitrogen and oxygen atoms in total. The number of allylic oxidation sites excluding steroid dienone is 2. The maximum atomic E-state index is 15.2. The fraction of sp³-hybridized carbons (Fsp3) is 0.385. The van der Waals surface area contributed by atoms with Crippen LogP contribution >= 0.6 is 11.6 Å². The normalized spacial score (nSPS) is 30.2. The second-order valence-electron chi connectivity index (χ2n) is 14.1. The molecule has 0 radical (unpaired) electrons. The minimum atomic E-state index is -1.40. The van der Waals surface area contributed by atoms with Crippen molar-refractivity contribution in [2.45, 2.75) is 69.2 Å². The van der Waals surface area contributed by atoms with Gasteiger partial charge >= 0.3 is 0 Å². The van der Waals surface area contributed by atoms with Gasteiger partial charge in [0, 0.05) is 17.0 Å². The summed E-state index contributed by atoms with van der Waals surface area (Å²) in [7, 11) is 0. The lowest BCUT2D eigenvalue weighted by atomic mass is 9.49. The number of phenols is 1. The molecular weight excluding hydrogens is 626 g/mol. The molecule has 2 heterocycles. The predicted molar refractivity (Wildman–Crippen MR) is 181 cm³/mol. The summed E-state index contributed by atoms with van der Waals surface area (Å²) in [4.78, 5) is 59.8. The number of aryl methyl sites for hydroxylation is 1. The van der Waals surface area contributed by atoms with Crippen LogP contribution in [0.4, 0.5) is 5.69 Å². The second-order valence-corrected chi connectivity index (χ2v) is 14.5. The zero-order valence-corrected chi connectivity index (χ0v) is 27.5. The number of rotatable bonds is 5. The maximum Gasteiger partial charge on any atom is 0.260 e. The van der Waals surface area contributed by atoms with Crippen LogP contribution < -0.4 is 5.43 Å². The first kappa shape index (κ1) is 30.9. The van der Waals surface area contributed by atoms with Crippen LogP contribution in [0, 0.1) is 30.6 Å². The minimum Gasteiger partial charge on any atom is -0.508 e. The number of carbonyl (C=O) groups is 4. The first-order chi connectivity index (χ1) is 23.2. The molecule has 3 aromatic rings. The van der Waals surface area contributed by atoms with E-state index < -0.39 is 40.9 Å². The molecule has 48 heavy (non-hydrogen) atoms. The van der Waals surface area contributed by atoms with E-state index in [2.05, 4.69) is 5.43 Å². The lowest BCUT2D eigenvalue weighted by Crippen LogP contribution is -2.53. The van der Waals surface area contributed by atoms with Crippen molar-refractivity contribution in [3.8, 4) is 5.75 Å². The quantitative estimate of drug-likeness (QED) is 0.233. The third-order valence-corrected chi connectivity index (χ3v) is 12.0. The van der Waals surface area contributed by atoms with Crippen LogP contribution in [0.1, 0.15) is 67.6 Å². The van der Waals surface area contributed by atoms with E-state index in [0.29, 0.717) is 23.2 Å². The number of nitrogens with one attached hydrogen (secondary N) is 1. The molecule has 246 valence electrons. The monoisotopic (exact) mass is 663 g/mol. The number of fused-ring (bicyclic) bond motifs is 4. The molecule has 2 saturated heterocycles. The standard InChI is InChI=1S/C39H38ClN3O5/c1-22-12-14-24(15-13-22)41-43-36(46)31-21-30-27(18-19-29-33(30)37(47)42(35(29)45)25-10-6-3-7-11-25)34(28-17-16-26(44)20-32(28)40)39(31,38(43)48)23-8-4-2-5-9-23/h2,4-5,8-9,12-18,20,25,29-31,33-34,41,44H,3,6-7,10-11,19,21H2,1H3. The number of amides is 4. The number of hydrogen-bond donors (Lipinski definition) is 2. The van der Waals surface area contributed by atoms with Crippen LogP contribution in [0.5, 0.6) is 5.75 Å². The molecule has 3 aromatic carbocycles. The van der Waals surface area contributed by atoms with Gasteiger partial charge in [0.05, 0.1) is 28.9 Å². The molecule has 2 N–H and O–H groups in total. The largest absolute Gasteiger partial charge is 0.508 e. The van der Waals surface area contributed by atoms with Gasteiger partial charge in [0.15, 0.2) is 0 Å². The number of benzene rings is 3. The number of hydrazine groups is 1. The summed E-state index contributed by atoms with van der Waals surface area (Å²) < 4.78 is 0. The summed E-state index contributed by atoms with van der Waals surface area (Å²) in [5.41, 5.74) is 5.48. The van der Waals surface area contributed by atoms with E-state index in [4.69, 9.17) is 11.6 Å². The molecular formula is C39H38ClN3O5. The van der Waals surface area contributed by atoms with Crippen molar-refractivity contribution in [3.05, 3.63) is 106 Å². The van der Waals surface area contributed by atoms with E-state index in [1.165, 1.54) is 6.07 Å². The first-order valence-corrected chi connectivity index (χ1v) is 17.4. The second kappa shape index (κ2) is 11.6. The molecule has 4 amide bonds. The zero-order chi connectivity index (χ0) is 33.3. The van der Waals surface area contributed by atoms with Gasteiger partial charge in [0.1, 0.15) is 5.75 Å². The number of anilines is 1. The molecule has 6 atom stereocenters. The summed E-state index contributed by atoms with van der Waals surface area (Å²) in [5.74, 6) is -4.21. The molecule has 6 unspecified atom stereocenters. The van der Waals surface area contributed by atoms with E-state index in [-0.39, 0.29) is 41.0 Å². The smallest absolute Gasteiger partial charge is 0.260 e. The van der Waals surface area contributed by atoms with Gasteiger partial charge in [-0.3, -0.25) is 29.5 Å². The number of halogens is 1. The van der Waals surface area contributed by atoms with Gasteiger partial charge < -0.3 is 5.11 Å². The molecule has 5 aliphatic rings. The van der Waals surface area contributed by atoms with Gasteiger partial charge in [-0.25, -0.2) is 0 Å². The Balaban J connectivity index is 1.31. The predicted octanol–water partition coefficient (Wildman–Crippen LogP) is 6.67. The van der Waals surface area contributed by atoms with Crippen molar-refractivity contribution >= 4 is 40.9 Å². The zero-order valence-electron chi connectivity index (χ0n) is 26.8. The summed E-state index contributed by atoms with van der Waals surface area (Å²) in [6, 6.07) is 21.5. The first-order valence-electron chi connectivity index (χ1n) is 17.0. The van der Waals surface area contributed by atoms with Crippen molar-refractivity contribution < 1.29 is 24.3 Å². The van der Waals surface area contributed by atoms with Gasteiger partial charge in [-0.15, -0.1) is 0 Å². The number of nitrogens with zero attached hydrogens (tertiary/aromatic N) is 2. The lowest BCUT2D eigenvalue weighted by molar-refractivity contribution is -0.144. The van der Waals surface area contributed by atoms with Gasteiger partial charge in [0.2, 0.25) is 11.8 Å². The molecule has 0 spiro atoms. The Bertz CT molecular complexity index is 1850. The Labute approximate surface area is 284 Å². The highest BCUT2D eigenvalue weighted by Crippen LogP contribution is 2.65. The number of carbonyl (C=O) groups excluding carboxylic acids is 4. The van der Waals surface area contributed by atoms with Crippen LogP contribution in [-0.2, 0) is 24.6 Å². The van der Waals surface area contributed by atoms with E-state index in [1.54, 1.807) is 17.0 Å². The summed E-state index contributed by atoms with van der Waals surface area (Å²) >= 11 is 6.94. The number of likely N-dealkylation sites (tertiary alicyclic amines) is 1. The SMILES string of the molecule is Cc1ccc(NN2C(=O)C3CC4C(=CCC5C(=O)N(C6CCCCC6)C(=O)C54)C(c4ccc(O)cc4Cl)C3(c3ccccc3)C2=O)cc1. The minimum absolute atomic E-state index is 0.0183. The Morgan fingerprint density at radius 3 is 2.29 bits per heavy atom. The van der Waals surface area contributed by atoms with E-state index >= 15 is 4.79 Å². The highest BCUT2D eigenvalue weighted by atomic mass is 35.5. The van der Waals surface area contributed by atoms with Crippen molar-refractivity contribution in [2.24, 2.45) is 23.7 Å². The molecule has 8 rings (SSSR count). The summed E-state index contributed by atoms with van der Waals surface area (Å²) in [6.45, 7) is 1.97. The molecule has 4 fully saturated rings. The van der Waals surface area contributed by atoms with Crippen LogP contribution in [0.2, 0.25) is 5.02 Å².